The maximum atomic E-state index is 9.31. The normalized spacial score (nSPS) is 12.9. The monoisotopic (exact) mass is 246 g/mol. The van der Waals surface area contributed by atoms with Crippen LogP contribution in [0.25, 0.3) is 11.0 Å². The highest BCUT2D eigenvalue weighted by Crippen LogP contribution is 2.12. The molecule has 1 heterocycles. The predicted octanol–water partition coefficient (Wildman–Crippen LogP) is 1.84. The SMILES string of the molecule is CC(C)CC(CO)Nc1nnc2ccccc2n1. The van der Waals surface area contributed by atoms with Crippen LogP contribution in [0.2, 0.25) is 0 Å². The maximum absolute atomic E-state index is 9.31. The lowest BCUT2D eigenvalue weighted by Gasteiger charge is -2.17. The summed E-state index contributed by atoms with van der Waals surface area (Å²) in [6.07, 6.45) is 0.868. The van der Waals surface area contributed by atoms with E-state index in [9.17, 15) is 5.11 Å². The van der Waals surface area contributed by atoms with Gasteiger partial charge in [0.05, 0.1) is 18.2 Å². The van der Waals surface area contributed by atoms with E-state index in [2.05, 4.69) is 34.3 Å². The standard InChI is InChI=1S/C13H18N4O/c1-9(2)7-10(8-18)14-13-15-11-5-3-4-6-12(11)16-17-13/h3-6,9-10,18H,7-8H2,1-2H3,(H,14,15,17). The van der Waals surface area contributed by atoms with E-state index in [1.807, 2.05) is 24.3 Å². The Morgan fingerprint density at radius 2 is 1.89 bits per heavy atom. The lowest BCUT2D eigenvalue weighted by atomic mass is 10.0. The van der Waals surface area contributed by atoms with E-state index < -0.39 is 0 Å². The van der Waals surface area contributed by atoms with Crippen LogP contribution < -0.4 is 5.32 Å². The third-order valence-electron chi connectivity index (χ3n) is 2.67. The number of nitrogens with one attached hydrogen (secondary N) is 1. The summed E-state index contributed by atoms with van der Waals surface area (Å²) < 4.78 is 0. The van der Waals surface area contributed by atoms with Crippen LogP contribution in [-0.2, 0) is 0 Å². The Labute approximate surface area is 106 Å². The number of hydrogen-bond acceptors (Lipinski definition) is 5. The molecule has 2 rings (SSSR count). The van der Waals surface area contributed by atoms with Crippen molar-refractivity contribution >= 4 is 17.0 Å². The highest BCUT2D eigenvalue weighted by Gasteiger charge is 2.11. The molecule has 0 spiro atoms. The van der Waals surface area contributed by atoms with Gasteiger partial charge in [0.15, 0.2) is 0 Å². The molecule has 0 amide bonds. The highest BCUT2D eigenvalue weighted by molar-refractivity contribution is 5.74. The molecule has 5 nitrogen and oxygen atoms in total. The van der Waals surface area contributed by atoms with Gasteiger partial charge in [-0.2, -0.15) is 0 Å². The topological polar surface area (TPSA) is 70.9 Å². The van der Waals surface area contributed by atoms with Crippen molar-refractivity contribution in [1.82, 2.24) is 15.2 Å². The van der Waals surface area contributed by atoms with E-state index in [0.717, 1.165) is 17.5 Å². The highest BCUT2D eigenvalue weighted by atomic mass is 16.3. The summed E-state index contributed by atoms with van der Waals surface area (Å²) in [4.78, 5) is 4.37. The summed E-state index contributed by atoms with van der Waals surface area (Å²) in [6, 6.07) is 7.55. The number of fused-ring (bicyclic) bond motifs is 1. The molecule has 0 saturated heterocycles. The molecule has 18 heavy (non-hydrogen) atoms. The van der Waals surface area contributed by atoms with Crippen molar-refractivity contribution in [3.63, 3.8) is 0 Å². The van der Waals surface area contributed by atoms with E-state index in [1.54, 1.807) is 0 Å². The molecular weight excluding hydrogens is 228 g/mol. The zero-order valence-corrected chi connectivity index (χ0v) is 10.7. The third-order valence-corrected chi connectivity index (χ3v) is 2.67. The minimum atomic E-state index is -0.0343. The Kier molecular flexibility index (Phi) is 4.04. The van der Waals surface area contributed by atoms with Gasteiger partial charge in [-0.25, -0.2) is 4.98 Å². The summed E-state index contributed by atoms with van der Waals surface area (Å²) in [5, 5.41) is 20.5. The number of anilines is 1. The molecule has 96 valence electrons. The van der Waals surface area contributed by atoms with Crippen molar-refractivity contribution in [3.8, 4) is 0 Å². The van der Waals surface area contributed by atoms with Crippen molar-refractivity contribution < 1.29 is 5.11 Å². The Morgan fingerprint density at radius 1 is 1.17 bits per heavy atom. The van der Waals surface area contributed by atoms with Gasteiger partial charge in [0.25, 0.3) is 0 Å². The summed E-state index contributed by atoms with van der Waals surface area (Å²) >= 11 is 0. The average molecular weight is 246 g/mol. The lowest BCUT2D eigenvalue weighted by Crippen LogP contribution is -2.26. The molecule has 0 aliphatic heterocycles. The number of nitrogens with zero attached hydrogens (tertiary/aromatic N) is 3. The number of benzene rings is 1. The molecule has 1 atom stereocenters. The van der Waals surface area contributed by atoms with Crippen LogP contribution in [0.4, 0.5) is 5.95 Å². The number of para-hydroxylation sites is 1. The molecule has 2 aromatic rings. The molecule has 5 heteroatoms. The van der Waals surface area contributed by atoms with E-state index in [1.165, 1.54) is 0 Å². The Hall–Kier alpha value is -1.75. The Bertz CT molecular complexity index is 515. The van der Waals surface area contributed by atoms with Crippen LogP contribution in [0.15, 0.2) is 24.3 Å². The van der Waals surface area contributed by atoms with Gasteiger partial charge in [0, 0.05) is 0 Å². The largest absolute Gasteiger partial charge is 0.394 e. The van der Waals surface area contributed by atoms with Gasteiger partial charge in [-0.1, -0.05) is 26.0 Å². The summed E-state index contributed by atoms with van der Waals surface area (Å²) in [5.74, 6) is 0.969. The smallest absolute Gasteiger partial charge is 0.243 e. The first-order chi connectivity index (χ1) is 8.69. The zero-order valence-electron chi connectivity index (χ0n) is 10.7. The molecule has 0 saturated carbocycles. The molecule has 2 N–H and O–H groups in total. The first-order valence-electron chi connectivity index (χ1n) is 6.16. The first-order valence-corrected chi connectivity index (χ1v) is 6.16. The van der Waals surface area contributed by atoms with Gasteiger partial charge in [-0.3, -0.25) is 0 Å². The van der Waals surface area contributed by atoms with E-state index in [-0.39, 0.29) is 12.6 Å². The van der Waals surface area contributed by atoms with Gasteiger partial charge < -0.3 is 10.4 Å². The Morgan fingerprint density at radius 3 is 2.56 bits per heavy atom. The molecule has 0 aliphatic carbocycles. The second kappa shape index (κ2) is 5.73. The summed E-state index contributed by atoms with van der Waals surface area (Å²) in [6.45, 7) is 4.29. The number of aromatic nitrogens is 3. The second-order valence-corrected chi connectivity index (χ2v) is 4.78. The van der Waals surface area contributed by atoms with Gasteiger partial charge >= 0.3 is 0 Å². The molecule has 0 fully saturated rings. The predicted molar refractivity (Wildman–Crippen MR) is 71.3 cm³/mol. The zero-order chi connectivity index (χ0) is 13.0. The minimum absolute atomic E-state index is 0.0343. The van der Waals surface area contributed by atoms with Gasteiger partial charge in [0.2, 0.25) is 5.95 Å². The van der Waals surface area contributed by atoms with Crippen molar-refractivity contribution in [2.45, 2.75) is 26.3 Å². The van der Waals surface area contributed by atoms with Crippen LogP contribution in [0.3, 0.4) is 0 Å². The number of hydrogen-bond donors (Lipinski definition) is 2. The van der Waals surface area contributed by atoms with Crippen LogP contribution in [0, 0.1) is 5.92 Å². The quantitative estimate of drug-likeness (QED) is 0.842. The summed E-state index contributed by atoms with van der Waals surface area (Å²) in [5.41, 5.74) is 1.57. The first kappa shape index (κ1) is 12.7. The van der Waals surface area contributed by atoms with Crippen molar-refractivity contribution in [2.75, 3.05) is 11.9 Å². The molecule has 1 aromatic heterocycles. The lowest BCUT2D eigenvalue weighted by molar-refractivity contribution is 0.259. The maximum Gasteiger partial charge on any atom is 0.243 e. The molecular formula is C13H18N4O. The molecule has 0 bridgehead atoms. The fourth-order valence-corrected chi connectivity index (χ4v) is 1.87. The van der Waals surface area contributed by atoms with Crippen LogP contribution in [0.1, 0.15) is 20.3 Å². The molecule has 1 aromatic carbocycles. The van der Waals surface area contributed by atoms with Crippen LogP contribution in [-0.4, -0.2) is 32.9 Å². The number of aliphatic hydroxyl groups is 1. The van der Waals surface area contributed by atoms with Crippen molar-refractivity contribution in [1.29, 1.82) is 0 Å². The van der Waals surface area contributed by atoms with Crippen LogP contribution >= 0.6 is 0 Å². The van der Waals surface area contributed by atoms with E-state index in [0.29, 0.717) is 11.9 Å². The van der Waals surface area contributed by atoms with Gasteiger partial charge in [-0.15, -0.1) is 10.2 Å². The van der Waals surface area contributed by atoms with Crippen molar-refractivity contribution in [3.05, 3.63) is 24.3 Å². The van der Waals surface area contributed by atoms with Crippen molar-refractivity contribution in [2.24, 2.45) is 5.92 Å². The molecule has 0 radical (unpaired) electrons. The van der Waals surface area contributed by atoms with E-state index >= 15 is 0 Å². The molecule has 1 unspecified atom stereocenters. The average Bonchev–Trinajstić information content (AvgIpc) is 2.37. The summed E-state index contributed by atoms with van der Waals surface area (Å²) in [7, 11) is 0. The number of rotatable bonds is 5. The van der Waals surface area contributed by atoms with E-state index in [4.69, 9.17) is 0 Å². The fourth-order valence-electron chi connectivity index (χ4n) is 1.87. The minimum Gasteiger partial charge on any atom is -0.394 e. The van der Waals surface area contributed by atoms with Gasteiger partial charge in [0.1, 0.15) is 5.52 Å². The number of aliphatic hydroxyl groups excluding tert-OH is 1. The molecule has 0 aliphatic rings. The van der Waals surface area contributed by atoms with Gasteiger partial charge in [-0.05, 0) is 24.5 Å². The second-order valence-electron chi connectivity index (χ2n) is 4.78. The van der Waals surface area contributed by atoms with Crippen LogP contribution in [0.5, 0.6) is 0 Å². The third kappa shape index (κ3) is 3.13. The Balaban J connectivity index is 2.15. The fraction of sp³-hybridized carbons (Fsp3) is 0.462.